The van der Waals surface area contributed by atoms with E-state index in [1.807, 2.05) is 23.8 Å². The highest BCUT2D eigenvalue weighted by molar-refractivity contribution is 7.19. The Labute approximate surface area is 168 Å². The fourth-order valence-electron chi connectivity index (χ4n) is 3.46. The molecule has 28 heavy (non-hydrogen) atoms. The van der Waals surface area contributed by atoms with Crippen molar-refractivity contribution in [3.63, 3.8) is 0 Å². The summed E-state index contributed by atoms with van der Waals surface area (Å²) < 4.78 is 5.83. The number of halogens is 1. The third-order valence-corrected chi connectivity index (χ3v) is 6.16. The molecular weight excluding hydrogens is 398 g/mol. The van der Waals surface area contributed by atoms with E-state index in [9.17, 15) is 4.79 Å². The van der Waals surface area contributed by atoms with Crippen molar-refractivity contribution in [2.45, 2.75) is 13.0 Å². The summed E-state index contributed by atoms with van der Waals surface area (Å²) in [6.07, 6.45) is 8.21. The summed E-state index contributed by atoms with van der Waals surface area (Å²) in [5, 5.41) is 11.0. The minimum atomic E-state index is -0.184. The zero-order chi connectivity index (χ0) is 19.4. The largest absolute Gasteiger partial charge is 0.323 e. The summed E-state index contributed by atoms with van der Waals surface area (Å²) >= 11 is 7.76. The molecule has 0 aliphatic carbocycles. The molecule has 0 bridgehead atoms. The summed E-state index contributed by atoms with van der Waals surface area (Å²) in [7, 11) is 3.65. The van der Waals surface area contributed by atoms with E-state index in [-0.39, 0.29) is 12.1 Å². The first kappa shape index (κ1) is 17.3. The highest BCUT2D eigenvalue weighted by Gasteiger charge is 2.19. The highest BCUT2D eigenvalue weighted by atomic mass is 35.5. The normalized spacial score (nSPS) is 13.9. The second-order valence-corrected chi connectivity index (χ2v) is 8.19. The molecule has 0 N–H and O–H groups in total. The second-order valence-electron chi connectivity index (χ2n) is 6.70. The monoisotopic (exact) mass is 413 g/mol. The predicted molar refractivity (Wildman–Crippen MR) is 111 cm³/mol. The SMILES string of the molecule is Cn1cc(Cl)c(Cn2ncc3c4sc(CC5=NCC=C5)nc4n(C)c3c2=O)n1. The van der Waals surface area contributed by atoms with E-state index < -0.39 is 0 Å². The molecule has 4 aromatic rings. The first-order chi connectivity index (χ1) is 13.5. The highest BCUT2D eigenvalue weighted by Crippen LogP contribution is 2.31. The molecule has 0 spiro atoms. The maximum atomic E-state index is 13.1. The van der Waals surface area contributed by atoms with Crippen LogP contribution < -0.4 is 5.56 Å². The lowest BCUT2D eigenvalue weighted by molar-refractivity contribution is 0.619. The van der Waals surface area contributed by atoms with E-state index in [1.54, 1.807) is 35.5 Å². The zero-order valence-corrected chi connectivity index (χ0v) is 16.8. The molecule has 0 unspecified atom stereocenters. The standard InChI is InChI=1S/C18H16ClN7OS/c1-24-8-12(19)13(23-24)9-26-18(27)15-11(7-21-26)16-17(25(15)2)22-14(28-16)6-10-4-3-5-20-10/h3-4,7-8H,5-6,9H2,1-2H3. The van der Waals surface area contributed by atoms with Gasteiger partial charge in [-0.2, -0.15) is 10.2 Å². The van der Waals surface area contributed by atoms with Crippen LogP contribution in [0.2, 0.25) is 5.02 Å². The average molecular weight is 414 g/mol. The number of fused-ring (bicyclic) bond motifs is 3. The molecule has 5 heterocycles. The molecule has 0 radical (unpaired) electrons. The molecule has 0 atom stereocenters. The zero-order valence-electron chi connectivity index (χ0n) is 15.3. The molecule has 0 aromatic carbocycles. The average Bonchev–Trinajstić information content (AvgIpc) is 3.40. The molecular formula is C18H16ClN7OS. The van der Waals surface area contributed by atoms with Gasteiger partial charge in [-0.1, -0.05) is 17.7 Å². The van der Waals surface area contributed by atoms with Crippen LogP contribution in [-0.4, -0.2) is 41.4 Å². The summed E-state index contributed by atoms with van der Waals surface area (Å²) in [5.41, 5.74) is 2.85. The first-order valence-corrected chi connectivity index (χ1v) is 9.92. The lowest BCUT2D eigenvalue weighted by atomic mass is 10.3. The Morgan fingerprint density at radius 1 is 1.32 bits per heavy atom. The smallest absolute Gasteiger partial charge is 0.291 e. The van der Waals surface area contributed by atoms with Crippen LogP contribution in [0.3, 0.4) is 0 Å². The molecule has 5 rings (SSSR count). The second kappa shape index (κ2) is 6.39. The third-order valence-electron chi connectivity index (χ3n) is 4.77. The van der Waals surface area contributed by atoms with Crippen molar-refractivity contribution in [3.8, 4) is 0 Å². The van der Waals surface area contributed by atoms with Gasteiger partial charge in [0.1, 0.15) is 16.2 Å². The number of aromatic nitrogens is 6. The molecule has 0 fully saturated rings. The van der Waals surface area contributed by atoms with Crippen molar-refractivity contribution in [1.29, 1.82) is 0 Å². The third kappa shape index (κ3) is 2.70. The number of allylic oxidation sites excluding steroid dienone is 1. The van der Waals surface area contributed by atoms with Crippen LogP contribution in [-0.2, 0) is 27.1 Å². The van der Waals surface area contributed by atoms with Gasteiger partial charge in [0.05, 0.1) is 29.0 Å². The van der Waals surface area contributed by atoms with Crippen molar-refractivity contribution in [1.82, 2.24) is 29.1 Å². The van der Waals surface area contributed by atoms with Crippen molar-refractivity contribution >= 4 is 49.9 Å². The molecule has 0 amide bonds. The van der Waals surface area contributed by atoms with Gasteiger partial charge in [-0.05, 0) is 6.08 Å². The Balaban J connectivity index is 1.58. The fourth-order valence-corrected chi connectivity index (χ4v) is 4.82. The minimum absolute atomic E-state index is 0.184. The van der Waals surface area contributed by atoms with E-state index >= 15 is 0 Å². The first-order valence-electron chi connectivity index (χ1n) is 8.73. The van der Waals surface area contributed by atoms with Crippen molar-refractivity contribution in [2.75, 3.05) is 6.54 Å². The summed E-state index contributed by atoms with van der Waals surface area (Å²) in [4.78, 5) is 22.2. The van der Waals surface area contributed by atoms with Gasteiger partial charge < -0.3 is 4.57 Å². The Bertz CT molecular complexity index is 1350. The Morgan fingerprint density at radius 3 is 2.89 bits per heavy atom. The maximum Gasteiger partial charge on any atom is 0.291 e. The maximum absolute atomic E-state index is 13.1. The Kier molecular flexibility index (Phi) is 3.95. The molecule has 0 saturated carbocycles. The van der Waals surface area contributed by atoms with E-state index in [2.05, 4.69) is 15.2 Å². The van der Waals surface area contributed by atoms with E-state index in [4.69, 9.17) is 16.6 Å². The van der Waals surface area contributed by atoms with Crippen LogP contribution in [0.25, 0.3) is 21.3 Å². The Hall–Kier alpha value is -2.78. The number of aliphatic imine (C=N–C) groups is 1. The van der Waals surface area contributed by atoms with Crippen molar-refractivity contribution in [2.24, 2.45) is 19.1 Å². The molecule has 10 heteroatoms. The predicted octanol–water partition coefficient (Wildman–Crippen LogP) is 2.33. The minimum Gasteiger partial charge on any atom is -0.323 e. The molecule has 4 aromatic heterocycles. The number of hydrogen-bond acceptors (Lipinski definition) is 6. The molecule has 8 nitrogen and oxygen atoms in total. The number of aryl methyl sites for hydroxylation is 2. The van der Waals surface area contributed by atoms with Crippen molar-refractivity contribution in [3.05, 3.63) is 50.6 Å². The van der Waals surface area contributed by atoms with Crippen LogP contribution in [0.15, 0.2) is 34.3 Å². The number of thiazole rings is 1. The molecule has 1 aliphatic rings. The lowest BCUT2D eigenvalue weighted by Crippen LogP contribution is -2.25. The van der Waals surface area contributed by atoms with Crippen LogP contribution in [0.4, 0.5) is 0 Å². The number of hydrogen-bond donors (Lipinski definition) is 0. The van der Waals surface area contributed by atoms with Gasteiger partial charge in [0.15, 0.2) is 5.65 Å². The van der Waals surface area contributed by atoms with Gasteiger partial charge in [0, 0.05) is 37.8 Å². The molecule has 1 aliphatic heterocycles. The van der Waals surface area contributed by atoms with Crippen LogP contribution in [0, 0.1) is 0 Å². The van der Waals surface area contributed by atoms with Gasteiger partial charge >= 0.3 is 0 Å². The van der Waals surface area contributed by atoms with Crippen molar-refractivity contribution < 1.29 is 0 Å². The fraction of sp³-hybridized carbons (Fsp3) is 0.278. The van der Waals surface area contributed by atoms with E-state index in [0.29, 0.717) is 22.7 Å². The van der Waals surface area contributed by atoms with Gasteiger partial charge in [-0.15, -0.1) is 11.3 Å². The topological polar surface area (TPSA) is 82.9 Å². The van der Waals surface area contributed by atoms with E-state index in [0.717, 1.165) is 33.0 Å². The lowest BCUT2D eigenvalue weighted by Gasteiger charge is -2.04. The van der Waals surface area contributed by atoms with Gasteiger partial charge in [-0.3, -0.25) is 14.5 Å². The van der Waals surface area contributed by atoms with Crippen LogP contribution in [0.1, 0.15) is 10.7 Å². The molecule has 0 saturated heterocycles. The number of nitrogens with zero attached hydrogens (tertiary/aromatic N) is 7. The van der Waals surface area contributed by atoms with Gasteiger partial charge in [0.2, 0.25) is 0 Å². The quantitative estimate of drug-likeness (QED) is 0.514. The summed E-state index contributed by atoms with van der Waals surface area (Å²) in [6, 6.07) is 0. The Morgan fingerprint density at radius 2 is 2.18 bits per heavy atom. The summed E-state index contributed by atoms with van der Waals surface area (Å²) in [5.74, 6) is 0. The van der Waals surface area contributed by atoms with Gasteiger partial charge in [-0.25, -0.2) is 9.67 Å². The van der Waals surface area contributed by atoms with E-state index in [1.165, 1.54) is 4.68 Å². The number of rotatable bonds is 4. The van der Waals surface area contributed by atoms with Crippen LogP contribution >= 0.6 is 22.9 Å². The van der Waals surface area contributed by atoms with Crippen LogP contribution in [0.5, 0.6) is 0 Å². The molecule has 142 valence electrons. The van der Waals surface area contributed by atoms with Gasteiger partial charge in [0.25, 0.3) is 5.56 Å². The summed E-state index contributed by atoms with van der Waals surface area (Å²) in [6.45, 7) is 0.963.